The summed E-state index contributed by atoms with van der Waals surface area (Å²) in [4.78, 5) is 9.57. The third kappa shape index (κ3) is 3.91. The fourth-order valence-corrected chi connectivity index (χ4v) is 2.61. The molecule has 0 bridgehead atoms. The summed E-state index contributed by atoms with van der Waals surface area (Å²) in [5, 5.41) is 0. The fraction of sp³-hybridized carbons (Fsp3) is 0.375. The van der Waals surface area contributed by atoms with E-state index in [4.69, 9.17) is 4.74 Å². The van der Waals surface area contributed by atoms with Gasteiger partial charge in [-0.25, -0.2) is 4.98 Å². The molecular formula is C16H16F3N3O. The van der Waals surface area contributed by atoms with E-state index in [1.54, 1.807) is 24.5 Å². The Balaban J connectivity index is 1.71. The van der Waals surface area contributed by atoms with Gasteiger partial charge in [-0.15, -0.1) is 0 Å². The summed E-state index contributed by atoms with van der Waals surface area (Å²) in [5.74, 6) is 0.996. The molecule has 0 radical (unpaired) electrons. The van der Waals surface area contributed by atoms with Crippen LogP contribution in [0.2, 0.25) is 0 Å². The van der Waals surface area contributed by atoms with Gasteiger partial charge in [0.05, 0.1) is 12.7 Å². The molecule has 1 saturated heterocycles. The molecule has 0 saturated carbocycles. The zero-order valence-electron chi connectivity index (χ0n) is 12.3. The van der Waals surface area contributed by atoms with E-state index in [-0.39, 0.29) is 6.10 Å². The molecule has 0 spiro atoms. The minimum Gasteiger partial charge on any atom is -0.487 e. The van der Waals surface area contributed by atoms with Crippen molar-refractivity contribution >= 4 is 5.82 Å². The molecule has 0 amide bonds. The number of nitrogens with zero attached hydrogens (tertiary/aromatic N) is 3. The van der Waals surface area contributed by atoms with E-state index in [1.807, 2.05) is 11.0 Å². The molecule has 1 fully saturated rings. The zero-order chi connectivity index (χ0) is 16.3. The largest absolute Gasteiger partial charge is 0.487 e. The Bertz CT molecular complexity index is 649. The van der Waals surface area contributed by atoms with Crippen LogP contribution in [0.5, 0.6) is 5.75 Å². The molecule has 0 N–H and O–H groups in total. The Morgan fingerprint density at radius 1 is 1.17 bits per heavy atom. The van der Waals surface area contributed by atoms with Crippen LogP contribution in [0.25, 0.3) is 0 Å². The molecule has 1 unspecified atom stereocenters. The minimum atomic E-state index is -4.43. The van der Waals surface area contributed by atoms with E-state index in [2.05, 4.69) is 9.97 Å². The summed E-state index contributed by atoms with van der Waals surface area (Å²) in [7, 11) is 0. The molecule has 4 nitrogen and oxygen atoms in total. The number of halogens is 3. The highest BCUT2D eigenvalue weighted by Crippen LogP contribution is 2.29. The standard InChI is InChI=1S/C16H16F3N3O/c17-16(18,19)14-6-1-7-15(21-14)22-9-3-5-13(11-22)23-12-4-2-8-20-10-12/h1-2,4,6-8,10,13H,3,5,9,11H2. The monoisotopic (exact) mass is 323 g/mol. The maximum Gasteiger partial charge on any atom is 0.433 e. The highest BCUT2D eigenvalue weighted by atomic mass is 19.4. The van der Waals surface area contributed by atoms with Gasteiger partial charge in [0.2, 0.25) is 0 Å². The van der Waals surface area contributed by atoms with E-state index < -0.39 is 11.9 Å². The average molecular weight is 323 g/mol. The number of alkyl halides is 3. The SMILES string of the molecule is FC(F)(F)c1cccc(N2CCCC(Oc3cccnc3)C2)n1. The average Bonchev–Trinajstić information content (AvgIpc) is 2.55. The van der Waals surface area contributed by atoms with Crippen molar-refractivity contribution in [3.05, 3.63) is 48.4 Å². The first-order valence-corrected chi connectivity index (χ1v) is 7.38. The van der Waals surface area contributed by atoms with E-state index >= 15 is 0 Å². The molecule has 1 atom stereocenters. The third-order valence-corrected chi connectivity index (χ3v) is 3.66. The fourth-order valence-electron chi connectivity index (χ4n) is 2.61. The van der Waals surface area contributed by atoms with Crippen molar-refractivity contribution in [1.29, 1.82) is 0 Å². The maximum atomic E-state index is 12.8. The van der Waals surface area contributed by atoms with Crippen LogP contribution in [0, 0.1) is 0 Å². The highest BCUT2D eigenvalue weighted by Gasteiger charge is 2.33. The van der Waals surface area contributed by atoms with Crippen molar-refractivity contribution in [2.45, 2.75) is 25.1 Å². The van der Waals surface area contributed by atoms with Crippen LogP contribution in [0.3, 0.4) is 0 Å². The quantitative estimate of drug-likeness (QED) is 0.866. The zero-order valence-corrected chi connectivity index (χ0v) is 12.3. The Hall–Kier alpha value is -2.31. The second-order valence-corrected chi connectivity index (χ2v) is 5.40. The van der Waals surface area contributed by atoms with Crippen molar-refractivity contribution in [2.75, 3.05) is 18.0 Å². The Labute approximate surface area is 131 Å². The van der Waals surface area contributed by atoms with Gasteiger partial charge in [0.1, 0.15) is 23.4 Å². The second-order valence-electron chi connectivity index (χ2n) is 5.40. The van der Waals surface area contributed by atoms with Crippen molar-refractivity contribution in [3.8, 4) is 5.75 Å². The number of anilines is 1. The van der Waals surface area contributed by atoms with E-state index in [0.29, 0.717) is 24.7 Å². The van der Waals surface area contributed by atoms with Crippen LogP contribution in [0.1, 0.15) is 18.5 Å². The van der Waals surface area contributed by atoms with Crippen LogP contribution in [0.4, 0.5) is 19.0 Å². The lowest BCUT2D eigenvalue weighted by Crippen LogP contribution is -2.41. The number of hydrogen-bond donors (Lipinski definition) is 0. The number of aromatic nitrogens is 2. The summed E-state index contributed by atoms with van der Waals surface area (Å²) < 4.78 is 44.2. The van der Waals surface area contributed by atoms with E-state index in [1.165, 1.54) is 6.07 Å². The van der Waals surface area contributed by atoms with Crippen molar-refractivity contribution in [3.63, 3.8) is 0 Å². The molecule has 122 valence electrons. The van der Waals surface area contributed by atoms with Gasteiger partial charge in [-0.3, -0.25) is 4.98 Å². The molecule has 7 heteroatoms. The van der Waals surface area contributed by atoms with E-state index in [0.717, 1.165) is 18.9 Å². The van der Waals surface area contributed by atoms with Crippen LogP contribution < -0.4 is 9.64 Å². The van der Waals surface area contributed by atoms with Crippen molar-refractivity contribution < 1.29 is 17.9 Å². The third-order valence-electron chi connectivity index (χ3n) is 3.66. The Kier molecular flexibility index (Phi) is 4.36. The molecule has 0 aliphatic carbocycles. The van der Waals surface area contributed by atoms with Crippen molar-refractivity contribution in [1.82, 2.24) is 9.97 Å². The number of piperidine rings is 1. The first kappa shape index (κ1) is 15.6. The number of hydrogen-bond acceptors (Lipinski definition) is 4. The molecule has 1 aliphatic rings. The van der Waals surface area contributed by atoms with Crippen LogP contribution in [-0.4, -0.2) is 29.2 Å². The summed E-state index contributed by atoms with van der Waals surface area (Å²) >= 11 is 0. The minimum absolute atomic E-state index is 0.0932. The lowest BCUT2D eigenvalue weighted by Gasteiger charge is -2.33. The molecule has 23 heavy (non-hydrogen) atoms. The van der Waals surface area contributed by atoms with Gasteiger partial charge in [-0.05, 0) is 37.1 Å². The molecule has 0 aromatic carbocycles. The smallest absolute Gasteiger partial charge is 0.433 e. The predicted octanol–water partition coefficient (Wildman–Crippen LogP) is 3.54. The van der Waals surface area contributed by atoms with Crippen molar-refractivity contribution in [2.24, 2.45) is 0 Å². The lowest BCUT2D eigenvalue weighted by molar-refractivity contribution is -0.141. The summed E-state index contributed by atoms with van der Waals surface area (Å²) in [6.07, 6.45) is 0.447. The molecule has 1 aliphatic heterocycles. The van der Waals surface area contributed by atoms with E-state index in [9.17, 15) is 13.2 Å². The van der Waals surface area contributed by atoms with Gasteiger partial charge >= 0.3 is 6.18 Å². The first-order chi connectivity index (χ1) is 11.0. The normalized spacial score (nSPS) is 18.7. The maximum absolute atomic E-state index is 12.8. The summed E-state index contributed by atoms with van der Waals surface area (Å²) in [6, 6.07) is 7.56. The predicted molar refractivity (Wildman–Crippen MR) is 79.3 cm³/mol. The molecular weight excluding hydrogens is 307 g/mol. The van der Waals surface area contributed by atoms with Gasteiger partial charge in [-0.2, -0.15) is 13.2 Å². The van der Waals surface area contributed by atoms with Crippen LogP contribution in [0.15, 0.2) is 42.7 Å². The van der Waals surface area contributed by atoms with Gasteiger partial charge in [-0.1, -0.05) is 6.07 Å². The van der Waals surface area contributed by atoms with Gasteiger partial charge in [0.25, 0.3) is 0 Å². The number of pyridine rings is 2. The van der Waals surface area contributed by atoms with Crippen LogP contribution >= 0.6 is 0 Å². The lowest BCUT2D eigenvalue weighted by atomic mass is 10.1. The summed E-state index contributed by atoms with van der Waals surface area (Å²) in [5.41, 5.74) is -0.870. The second kappa shape index (κ2) is 6.44. The van der Waals surface area contributed by atoms with Gasteiger partial charge in [0.15, 0.2) is 0 Å². The van der Waals surface area contributed by atoms with Crippen LogP contribution in [-0.2, 0) is 6.18 Å². The molecule has 3 rings (SSSR count). The molecule has 2 aromatic rings. The van der Waals surface area contributed by atoms with Gasteiger partial charge < -0.3 is 9.64 Å². The van der Waals surface area contributed by atoms with Gasteiger partial charge in [0, 0.05) is 12.7 Å². The summed E-state index contributed by atoms with van der Waals surface area (Å²) in [6.45, 7) is 1.17. The number of rotatable bonds is 3. The molecule has 3 heterocycles. The topological polar surface area (TPSA) is 38.2 Å². The first-order valence-electron chi connectivity index (χ1n) is 7.38. The Morgan fingerprint density at radius 3 is 2.78 bits per heavy atom. The number of ether oxygens (including phenoxy) is 1. The Morgan fingerprint density at radius 2 is 2.04 bits per heavy atom. The molecule has 2 aromatic heterocycles. The highest BCUT2D eigenvalue weighted by molar-refractivity contribution is 5.40.